The van der Waals surface area contributed by atoms with Crippen LogP contribution in [0.3, 0.4) is 0 Å². The van der Waals surface area contributed by atoms with Crippen molar-refractivity contribution in [1.82, 2.24) is 15.1 Å². The molecule has 0 radical (unpaired) electrons. The van der Waals surface area contributed by atoms with Crippen molar-refractivity contribution >= 4 is 35.0 Å². The average Bonchev–Trinajstić information content (AvgIpc) is 3.42. The van der Waals surface area contributed by atoms with E-state index in [0.29, 0.717) is 40.5 Å². The molecule has 1 aromatic rings. The molecule has 2 amide bonds. The van der Waals surface area contributed by atoms with Crippen molar-refractivity contribution in [3.05, 3.63) is 33.8 Å². The molecule has 2 saturated carbocycles. The van der Waals surface area contributed by atoms with E-state index >= 15 is 0 Å². The van der Waals surface area contributed by atoms with Crippen molar-refractivity contribution < 1.29 is 9.59 Å². The van der Waals surface area contributed by atoms with E-state index in [1.54, 1.807) is 18.2 Å². The number of carbonyl (C=O) groups excluding carboxylic acids is 2. The van der Waals surface area contributed by atoms with Crippen molar-refractivity contribution in [1.29, 1.82) is 0 Å². The monoisotopic (exact) mass is 437 g/mol. The first kappa shape index (κ1) is 21.0. The van der Waals surface area contributed by atoms with Crippen LogP contribution in [0, 0.1) is 11.8 Å². The van der Waals surface area contributed by atoms with Gasteiger partial charge in [0.25, 0.3) is 5.91 Å². The summed E-state index contributed by atoms with van der Waals surface area (Å²) < 4.78 is 0. The fourth-order valence-electron chi connectivity index (χ4n) is 4.64. The molecule has 1 N–H and O–H groups in total. The van der Waals surface area contributed by atoms with Gasteiger partial charge < -0.3 is 10.2 Å². The molecule has 0 bridgehead atoms. The van der Waals surface area contributed by atoms with Crippen LogP contribution in [-0.2, 0) is 4.79 Å². The minimum atomic E-state index is -0.0570. The van der Waals surface area contributed by atoms with E-state index in [1.165, 1.54) is 25.7 Å². The van der Waals surface area contributed by atoms with Gasteiger partial charge in [-0.25, -0.2) is 0 Å². The fourth-order valence-corrected chi connectivity index (χ4v) is 4.94. The molecule has 0 unspecified atom stereocenters. The summed E-state index contributed by atoms with van der Waals surface area (Å²) >= 11 is 12.0. The van der Waals surface area contributed by atoms with Crippen molar-refractivity contribution in [3.63, 3.8) is 0 Å². The number of rotatable bonds is 6. The number of nitrogens with zero attached hydrogens (tertiary/aromatic N) is 2. The molecule has 1 saturated heterocycles. The summed E-state index contributed by atoms with van der Waals surface area (Å²) in [6.45, 7) is 3.52. The Bertz CT molecular complexity index is 754. The third-order valence-electron chi connectivity index (χ3n) is 6.54. The van der Waals surface area contributed by atoms with E-state index in [0.717, 1.165) is 32.5 Å². The molecule has 5 nitrogen and oxygen atoms in total. The van der Waals surface area contributed by atoms with Crippen LogP contribution in [0.4, 0.5) is 0 Å². The second-order valence-electron chi connectivity index (χ2n) is 8.63. The zero-order chi connectivity index (χ0) is 20.4. The van der Waals surface area contributed by atoms with Gasteiger partial charge in [-0.1, -0.05) is 36.0 Å². The maximum atomic E-state index is 13.0. The van der Waals surface area contributed by atoms with E-state index in [1.807, 2.05) is 4.90 Å². The lowest BCUT2D eigenvalue weighted by Crippen LogP contribution is -2.58. The zero-order valence-corrected chi connectivity index (χ0v) is 18.2. The lowest BCUT2D eigenvalue weighted by atomic mass is 9.95. The Morgan fingerprint density at radius 1 is 1.00 bits per heavy atom. The van der Waals surface area contributed by atoms with Crippen molar-refractivity contribution in [3.8, 4) is 0 Å². The highest BCUT2D eigenvalue weighted by Crippen LogP contribution is 2.32. The SMILES string of the molecule is O=C(NCC1CC1)[C@H](C1CCCC1)N1CCN(C(=O)c2ccc(Cl)c(Cl)c2)CC1. The predicted molar refractivity (Wildman–Crippen MR) is 115 cm³/mol. The van der Waals surface area contributed by atoms with Gasteiger partial charge in [0.1, 0.15) is 0 Å². The summed E-state index contributed by atoms with van der Waals surface area (Å²) in [4.78, 5) is 30.0. The van der Waals surface area contributed by atoms with Crippen LogP contribution >= 0.6 is 23.2 Å². The third-order valence-corrected chi connectivity index (χ3v) is 7.28. The van der Waals surface area contributed by atoms with Crippen LogP contribution in [0.25, 0.3) is 0 Å². The number of hydrogen-bond acceptors (Lipinski definition) is 3. The Morgan fingerprint density at radius 3 is 2.31 bits per heavy atom. The van der Waals surface area contributed by atoms with Crippen molar-refractivity contribution in [2.45, 2.75) is 44.6 Å². The number of halogens is 2. The van der Waals surface area contributed by atoms with Crippen molar-refractivity contribution in [2.24, 2.45) is 11.8 Å². The highest BCUT2D eigenvalue weighted by molar-refractivity contribution is 6.42. The minimum absolute atomic E-state index is 0.0289. The van der Waals surface area contributed by atoms with E-state index < -0.39 is 0 Å². The molecule has 0 aromatic heterocycles. The summed E-state index contributed by atoms with van der Waals surface area (Å²) in [5, 5.41) is 4.04. The van der Waals surface area contributed by atoms with Gasteiger partial charge in [-0.3, -0.25) is 14.5 Å². The molecular formula is C22H29Cl2N3O2. The van der Waals surface area contributed by atoms with E-state index in [-0.39, 0.29) is 17.9 Å². The number of amides is 2. The lowest BCUT2D eigenvalue weighted by Gasteiger charge is -2.40. The van der Waals surface area contributed by atoms with E-state index in [9.17, 15) is 9.59 Å². The lowest BCUT2D eigenvalue weighted by molar-refractivity contribution is -0.129. The highest BCUT2D eigenvalue weighted by atomic mass is 35.5. The van der Waals surface area contributed by atoms with Crippen LogP contribution in [0.5, 0.6) is 0 Å². The molecule has 1 atom stereocenters. The van der Waals surface area contributed by atoms with Crippen LogP contribution in [-0.4, -0.2) is 60.4 Å². The molecule has 0 spiro atoms. The maximum Gasteiger partial charge on any atom is 0.253 e. The van der Waals surface area contributed by atoms with E-state index in [4.69, 9.17) is 23.2 Å². The number of benzene rings is 1. The highest BCUT2D eigenvalue weighted by Gasteiger charge is 2.37. The Labute approximate surface area is 182 Å². The predicted octanol–water partition coefficient (Wildman–Crippen LogP) is 3.84. The fraction of sp³-hybridized carbons (Fsp3) is 0.636. The molecule has 3 aliphatic rings. The summed E-state index contributed by atoms with van der Waals surface area (Å²) in [5.41, 5.74) is 0.558. The topological polar surface area (TPSA) is 52.7 Å². The smallest absolute Gasteiger partial charge is 0.253 e. The molecule has 1 aromatic carbocycles. The minimum Gasteiger partial charge on any atom is -0.354 e. The van der Waals surface area contributed by atoms with Gasteiger partial charge in [0, 0.05) is 38.3 Å². The van der Waals surface area contributed by atoms with Gasteiger partial charge in [0.2, 0.25) is 5.91 Å². The first-order chi connectivity index (χ1) is 14.0. The quantitative estimate of drug-likeness (QED) is 0.735. The maximum absolute atomic E-state index is 13.0. The van der Waals surface area contributed by atoms with Crippen LogP contribution in [0.1, 0.15) is 48.9 Å². The molecule has 29 heavy (non-hydrogen) atoms. The molecule has 1 heterocycles. The van der Waals surface area contributed by atoms with Crippen LogP contribution < -0.4 is 5.32 Å². The standard InChI is InChI=1S/C22H29Cl2N3O2/c23-18-8-7-17(13-19(18)24)22(29)27-11-9-26(10-12-27)20(16-3-1-2-4-16)21(28)25-14-15-5-6-15/h7-8,13,15-16,20H,1-6,9-12,14H2,(H,25,28)/t20-/m0/s1. The summed E-state index contributed by atoms with van der Waals surface area (Å²) in [6, 6.07) is 4.95. The van der Waals surface area contributed by atoms with Gasteiger partial charge in [0.15, 0.2) is 0 Å². The normalized spacial score (nSPS) is 21.9. The van der Waals surface area contributed by atoms with Gasteiger partial charge in [-0.2, -0.15) is 0 Å². The molecule has 7 heteroatoms. The summed E-state index contributed by atoms with van der Waals surface area (Å²) in [7, 11) is 0. The molecule has 2 aliphatic carbocycles. The summed E-state index contributed by atoms with van der Waals surface area (Å²) in [5.74, 6) is 1.28. The number of hydrogen-bond donors (Lipinski definition) is 1. The van der Waals surface area contributed by atoms with Gasteiger partial charge in [-0.15, -0.1) is 0 Å². The number of piperazine rings is 1. The second kappa shape index (κ2) is 9.23. The average molecular weight is 438 g/mol. The number of nitrogens with one attached hydrogen (secondary N) is 1. The van der Waals surface area contributed by atoms with Gasteiger partial charge in [-0.05, 0) is 55.7 Å². The third kappa shape index (κ3) is 5.07. The van der Waals surface area contributed by atoms with Crippen LogP contribution in [0.15, 0.2) is 18.2 Å². The Balaban J connectivity index is 1.38. The Morgan fingerprint density at radius 2 is 1.69 bits per heavy atom. The van der Waals surface area contributed by atoms with E-state index in [2.05, 4.69) is 10.2 Å². The first-order valence-electron chi connectivity index (χ1n) is 10.8. The number of carbonyl (C=O) groups is 2. The molecule has 158 valence electrons. The Kier molecular flexibility index (Phi) is 6.67. The second-order valence-corrected chi connectivity index (χ2v) is 9.45. The molecular weight excluding hydrogens is 409 g/mol. The van der Waals surface area contributed by atoms with Crippen LogP contribution in [0.2, 0.25) is 10.0 Å². The molecule has 1 aliphatic heterocycles. The van der Waals surface area contributed by atoms with Gasteiger partial charge in [0.05, 0.1) is 16.1 Å². The molecule has 4 rings (SSSR count). The van der Waals surface area contributed by atoms with Crippen molar-refractivity contribution in [2.75, 3.05) is 32.7 Å². The molecule has 3 fully saturated rings. The van der Waals surface area contributed by atoms with Gasteiger partial charge >= 0.3 is 0 Å². The Hall–Kier alpha value is -1.30. The summed E-state index contributed by atoms with van der Waals surface area (Å²) in [6.07, 6.45) is 7.17. The zero-order valence-electron chi connectivity index (χ0n) is 16.7. The first-order valence-corrected chi connectivity index (χ1v) is 11.5. The largest absolute Gasteiger partial charge is 0.354 e.